The topological polar surface area (TPSA) is 73.4 Å². The summed E-state index contributed by atoms with van der Waals surface area (Å²) in [5, 5.41) is 9.01. The Bertz CT molecular complexity index is 521. The van der Waals surface area contributed by atoms with E-state index in [1.54, 1.807) is 13.0 Å². The van der Waals surface area contributed by atoms with Crippen molar-refractivity contribution in [2.24, 2.45) is 0 Å². The lowest BCUT2D eigenvalue weighted by atomic mass is 10.1. The number of rotatable bonds is 1. The monoisotopic (exact) mass is 258 g/mol. The molecule has 1 saturated heterocycles. The van der Waals surface area contributed by atoms with Gasteiger partial charge in [-0.15, -0.1) is 0 Å². The Morgan fingerprint density at radius 2 is 2.11 bits per heavy atom. The Kier molecular flexibility index (Phi) is 3.91. The molecule has 5 nitrogen and oxygen atoms in total. The van der Waals surface area contributed by atoms with Crippen molar-refractivity contribution in [3.8, 4) is 6.07 Å². The molecule has 0 radical (unpaired) electrons. The van der Waals surface area contributed by atoms with E-state index in [4.69, 9.17) is 11.0 Å². The van der Waals surface area contributed by atoms with E-state index in [2.05, 4.69) is 11.0 Å². The molecule has 1 aliphatic rings. The Balaban J connectivity index is 2.19. The van der Waals surface area contributed by atoms with Crippen LogP contribution in [0.2, 0.25) is 0 Å². The standard InChI is InChI=1S/C14H18N4O/c1-11(19)17-6-3-7-18(9-8-17)13-5-2-4-12(10-15)14(13)16/h2,4-5H,3,6-9,16H2,1H3. The number of hydrogen-bond acceptors (Lipinski definition) is 4. The van der Waals surface area contributed by atoms with Crippen LogP contribution in [0.3, 0.4) is 0 Å². The summed E-state index contributed by atoms with van der Waals surface area (Å²) in [6, 6.07) is 7.60. The van der Waals surface area contributed by atoms with Crippen molar-refractivity contribution in [3.63, 3.8) is 0 Å². The summed E-state index contributed by atoms with van der Waals surface area (Å²) in [4.78, 5) is 15.4. The van der Waals surface area contributed by atoms with E-state index >= 15 is 0 Å². The zero-order chi connectivity index (χ0) is 13.8. The number of nitrogens with two attached hydrogens (primary N) is 1. The van der Waals surface area contributed by atoms with Gasteiger partial charge in [0.05, 0.1) is 16.9 Å². The number of nitriles is 1. The second-order valence-electron chi connectivity index (χ2n) is 4.70. The molecule has 0 aromatic heterocycles. The molecule has 100 valence electrons. The Morgan fingerprint density at radius 3 is 2.79 bits per heavy atom. The molecule has 2 N–H and O–H groups in total. The first-order valence-corrected chi connectivity index (χ1v) is 6.42. The molecule has 1 heterocycles. The highest BCUT2D eigenvalue weighted by Gasteiger charge is 2.18. The van der Waals surface area contributed by atoms with E-state index in [9.17, 15) is 4.79 Å². The first-order valence-electron chi connectivity index (χ1n) is 6.42. The maximum atomic E-state index is 11.4. The number of anilines is 2. The lowest BCUT2D eigenvalue weighted by molar-refractivity contribution is -0.128. The fourth-order valence-corrected chi connectivity index (χ4v) is 2.40. The van der Waals surface area contributed by atoms with Crippen LogP contribution >= 0.6 is 0 Å². The van der Waals surface area contributed by atoms with Crippen LogP contribution in [0.4, 0.5) is 11.4 Å². The number of carbonyl (C=O) groups is 1. The van der Waals surface area contributed by atoms with Crippen molar-refractivity contribution in [1.82, 2.24) is 4.90 Å². The van der Waals surface area contributed by atoms with Crippen LogP contribution in [-0.4, -0.2) is 37.0 Å². The highest BCUT2D eigenvalue weighted by Crippen LogP contribution is 2.27. The van der Waals surface area contributed by atoms with E-state index in [0.717, 1.165) is 31.7 Å². The second-order valence-corrected chi connectivity index (χ2v) is 4.70. The average Bonchev–Trinajstić information content (AvgIpc) is 2.65. The van der Waals surface area contributed by atoms with E-state index < -0.39 is 0 Å². The highest BCUT2D eigenvalue weighted by molar-refractivity contribution is 5.75. The summed E-state index contributed by atoms with van der Waals surface area (Å²) in [7, 11) is 0. The smallest absolute Gasteiger partial charge is 0.219 e. The normalized spacial score (nSPS) is 15.8. The predicted molar refractivity (Wildman–Crippen MR) is 74.7 cm³/mol. The van der Waals surface area contributed by atoms with Gasteiger partial charge < -0.3 is 15.5 Å². The number of benzene rings is 1. The first-order chi connectivity index (χ1) is 9.13. The molecular formula is C14H18N4O. The maximum absolute atomic E-state index is 11.4. The lowest BCUT2D eigenvalue weighted by Gasteiger charge is -2.25. The van der Waals surface area contributed by atoms with Gasteiger partial charge in [0.25, 0.3) is 0 Å². The quantitative estimate of drug-likeness (QED) is 0.768. The average molecular weight is 258 g/mol. The lowest BCUT2D eigenvalue weighted by Crippen LogP contribution is -2.33. The van der Waals surface area contributed by atoms with Gasteiger partial charge in [0.15, 0.2) is 0 Å². The predicted octanol–water partition coefficient (Wildman–Crippen LogP) is 1.20. The Labute approximate surface area is 113 Å². The first kappa shape index (κ1) is 13.2. The van der Waals surface area contributed by atoms with Crippen LogP contribution in [0.25, 0.3) is 0 Å². The Morgan fingerprint density at radius 1 is 1.32 bits per heavy atom. The van der Waals surface area contributed by atoms with Crippen LogP contribution in [0.1, 0.15) is 18.9 Å². The van der Waals surface area contributed by atoms with Crippen LogP contribution in [0.15, 0.2) is 18.2 Å². The molecule has 1 fully saturated rings. The summed E-state index contributed by atoms with van der Waals surface area (Å²) < 4.78 is 0. The molecule has 1 aromatic rings. The minimum Gasteiger partial charge on any atom is -0.396 e. The third-order valence-corrected chi connectivity index (χ3v) is 3.49. The number of nitrogen functional groups attached to an aromatic ring is 1. The van der Waals surface area contributed by atoms with Gasteiger partial charge in [-0.3, -0.25) is 4.79 Å². The zero-order valence-electron chi connectivity index (χ0n) is 11.1. The van der Waals surface area contributed by atoms with Crippen molar-refractivity contribution in [3.05, 3.63) is 23.8 Å². The van der Waals surface area contributed by atoms with E-state index in [-0.39, 0.29) is 5.91 Å². The molecule has 0 unspecified atom stereocenters. The van der Waals surface area contributed by atoms with E-state index in [1.165, 1.54) is 0 Å². The molecule has 0 atom stereocenters. The molecule has 2 rings (SSSR count). The maximum Gasteiger partial charge on any atom is 0.219 e. The third-order valence-electron chi connectivity index (χ3n) is 3.49. The summed E-state index contributed by atoms with van der Waals surface area (Å²) >= 11 is 0. The van der Waals surface area contributed by atoms with Gasteiger partial charge in [-0.1, -0.05) is 6.07 Å². The molecular weight excluding hydrogens is 240 g/mol. The summed E-state index contributed by atoms with van der Waals surface area (Å²) in [5.41, 5.74) is 7.95. The SMILES string of the molecule is CC(=O)N1CCCN(c2cccc(C#N)c2N)CC1. The number of amides is 1. The van der Waals surface area contributed by atoms with Gasteiger partial charge in [-0.2, -0.15) is 5.26 Å². The van der Waals surface area contributed by atoms with Crippen molar-refractivity contribution in [2.45, 2.75) is 13.3 Å². The highest BCUT2D eigenvalue weighted by atomic mass is 16.2. The summed E-state index contributed by atoms with van der Waals surface area (Å²) in [5.74, 6) is 0.112. The molecule has 19 heavy (non-hydrogen) atoms. The molecule has 1 amide bonds. The fourth-order valence-electron chi connectivity index (χ4n) is 2.40. The largest absolute Gasteiger partial charge is 0.396 e. The second kappa shape index (κ2) is 5.61. The van der Waals surface area contributed by atoms with Gasteiger partial charge in [0, 0.05) is 33.1 Å². The molecule has 1 aromatic carbocycles. The molecule has 0 saturated carbocycles. The van der Waals surface area contributed by atoms with Crippen LogP contribution in [0, 0.1) is 11.3 Å². The number of carbonyl (C=O) groups excluding carboxylic acids is 1. The van der Waals surface area contributed by atoms with Gasteiger partial charge >= 0.3 is 0 Å². The van der Waals surface area contributed by atoms with Gasteiger partial charge in [-0.25, -0.2) is 0 Å². The molecule has 0 aliphatic carbocycles. The van der Waals surface area contributed by atoms with Crippen molar-refractivity contribution in [1.29, 1.82) is 5.26 Å². The molecule has 5 heteroatoms. The minimum atomic E-state index is 0.112. The molecule has 0 spiro atoms. The fraction of sp³-hybridized carbons (Fsp3) is 0.429. The summed E-state index contributed by atoms with van der Waals surface area (Å²) in [6.07, 6.45) is 0.913. The minimum absolute atomic E-state index is 0.112. The molecule has 1 aliphatic heterocycles. The van der Waals surface area contributed by atoms with E-state index in [0.29, 0.717) is 17.8 Å². The Hall–Kier alpha value is -2.22. The van der Waals surface area contributed by atoms with Crippen LogP contribution in [-0.2, 0) is 4.79 Å². The van der Waals surface area contributed by atoms with Crippen LogP contribution < -0.4 is 10.6 Å². The number of hydrogen-bond donors (Lipinski definition) is 1. The van der Waals surface area contributed by atoms with E-state index in [1.807, 2.05) is 17.0 Å². The number of nitrogens with zero attached hydrogens (tertiary/aromatic N) is 3. The summed E-state index contributed by atoms with van der Waals surface area (Å²) in [6.45, 7) is 4.68. The van der Waals surface area contributed by atoms with Crippen molar-refractivity contribution in [2.75, 3.05) is 36.8 Å². The van der Waals surface area contributed by atoms with Gasteiger partial charge in [-0.05, 0) is 18.6 Å². The number of para-hydroxylation sites is 1. The van der Waals surface area contributed by atoms with Crippen molar-refractivity contribution >= 4 is 17.3 Å². The third kappa shape index (κ3) is 2.79. The zero-order valence-corrected chi connectivity index (χ0v) is 11.1. The van der Waals surface area contributed by atoms with Crippen molar-refractivity contribution < 1.29 is 4.79 Å². The van der Waals surface area contributed by atoms with Gasteiger partial charge in [0.2, 0.25) is 5.91 Å². The van der Waals surface area contributed by atoms with Crippen LogP contribution in [0.5, 0.6) is 0 Å². The molecule has 0 bridgehead atoms. The van der Waals surface area contributed by atoms with Gasteiger partial charge in [0.1, 0.15) is 6.07 Å².